The van der Waals surface area contributed by atoms with E-state index in [2.05, 4.69) is 48.4 Å². The van der Waals surface area contributed by atoms with E-state index in [1.54, 1.807) is 0 Å². The summed E-state index contributed by atoms with van der Waals surface area (Å²) >= 11 is 1.45. The summed E-state index contributed by atoms with van der Waals surface area (Å²) in [5.41, 5.74) is 8.88. The molecule has 0 aliphatic heterocycles. The molecule has 0 atom stereocenters. The third-order valence-corrected chi connectivity index (χ3v) is 4.01. The van der Waals surface area contributed by atoms with Crippen molar-refractivity contribution in [3.8, 4) is 0 Å². The number of benzene rings is 1. The minimum Gasteiger partial charge on any atom is -0.330 e. The highest BCUT2D eigenvalue weighted by molar-refractivity contribution is 7.13. The summed E-state index contributed by atoms with van der Waals surface area (Å²) in [6.45, 7) is 4.73. The van der Waals surface area contributed by atoms with Gasteiger partial charge in [-0.15, -0.1) is 11.3 Å². The van der Waals surface area contributed by atoms with Crippen LogP contribution in [0.4, 0.5) is 5.13 Å². The van der Waals surface area contributed by atoms with E-state index in [4.69, 9.17) is 5.73 Å². The average molecular weight is 303 g/mol. The summed E-state index contributed by atoms with van der Waals surface area (Å²) in [5.74, 6) is 0.461. The van der Waals surface area contributed by atoms with E-state index in [9.17, 15) is 4.79 Å². The maximum Gasteiger partial charge on any atom is 0.227 e. The Labute approximate surface area is 129 Å². The molecule has 0 aliphatic rings. The summed E-state index contributed by atoms with van der Waals surface area (Å²) in [4.78, 5) is 15.9. The first-order valence-electron chi connectivity index (χ1n) is 7.11. The number of thiazole rings is 1. The molecule has 21 heavy (non-hydrogen) atoms. The van der Waals surface area contributed by atoms with Gasteiger partial charge in [0.2, 0.25) is 5.91 Å². The minimum atomic E-state index is -0.0836. The highest BCUT2D eigenvalue weighted by Crippen LogP contribution is 2.20. The number of rotatable bonds is 6. The van der Waals surface area contributed by atoms with E-state index in [-0.39, 0.29) is 5.91 Å². The van der Waals surface area contributed by atoms with E-state index < -0.39 is 0 Å². The summed E-state index contributed by atoms with van der Waals surface area (Å²) in [7, 11) is 0. The third kappa shape index (κ3) is 4.65. The van der Waals surface area contributed by atoms with Crippen LogP contribution in [-0.2, 0) is 11.2 Å². The van der Waals surface area contributed by atoms with Crippen molar-refractivity contribution in [3.05, 3.63) is 46.5 Å². The smallest absolute Gasteiger partial charge is 0.227 e. The first kappa shape index (κ1) is 15.7. The van der Waals surface area contributed by atoms with Crippen molar-refractivity contribution < 1.29 is 4.79 Å². The van der Waals surface area contributed by atoms with Crippen LogP contribution in [0.25, 0.3) is 0 Å². The Kier molecular flexibility index (Phi) is 5.47. The lowest BCUT2D eigenvalue weighted by molar-refractivity contribution is -0.116. The number of nitrogens with two attached hydrogens (primary N) is 1. The number of anilines is 1. The zero-order valence-electron chi connectivity index (χ0n) is 12.4. The fourth-order valence-corrected chi connectivity index (χ4v) is 2.71. The van der Waals surface area contributed by atoms with Crippen LogP contribution in [0.3, 0.4) is 0 Å². The molecule has 3 N–H and O–H groups in total. The second-order valence-corrected chi connectivity index (χ2v) is 6.16. The number of amides is 1. The fraction of sp³-hybridized carbons (Fsp3) is 0.375. The van der Waals surface area contributed by atoms with Crippen molar-refractivity contribution in [3.63, 3.8) is 0 Å². The predicted molar refractivity (Wildman–Crippen MR) is 87.8 cm³/mol. The molecule has 4 nitrogen and oxygen atoms in total. The number of aromatic nitrogens is 1. The summed E-state index contributed by atoms with van der Waals surface area (Å²) in [6.07, 6.45) is 1.10. The van der Waals surface area contributed by atoms with Crippen molar-refractivity contribution >= 4 is 22.4 Å². The predicted octanol–water partition coefficient (Wildman–Crippen LogP) is 3.14. The van der Waals surface area contributed by atoms with Gasteiger partial charge in [-0.25, -0.2) is 4.98 Å². The number of nitrogens with one attached hydrogen (secondary N) is 1. The zero-order chi connectivity index (χ0) is 15.2. The van der Waals surface area contributed by atoms with E-state index in [1.165, 1.54) is 22.5 Å². The molecule has 1 heterocycles. The van der Waals surface area contributed by atoms with Crippen LogP contribution in [0.15, 0.2) is 29.6 Å². The molecule has 2 rings (SSSR count). The summed E-state index contributed by atoms with van der Waals surface area (Å²) in [5, 5.41) is 5.38. The van der Waals surface area contributed by atoms with Gasteiger partial charge in [-0.1, -0.05) is 38.1 Å². The molecule has 1 aromatic heterocycles. The number of hydrogen-bond acceptors (Lipinski definition) is 4. The molecule has 0 spiro atoms. The fourth-order valence-electron chi connectivity index (χ4n) is 1.99. The van der Waals surface area contributed by atoms with Crippen molar-refractivity contribution in [2.75, 3.05) is 11.9 Å². The van der Waals surface area contributed by atoms with Gasteiger partial charge in [0.25, 0.3) is 0 Å². The van der Waals surface area contributed by atoms with Gasteiger partial charge in [0.15, 0.2) is 5.13 Å². The highest BCUT2D eigenvalue weighted by Gasteiger charge is 2.07. The van der Waals surface area contributed by atoms with Gasteiger partial charge in [-0.3, -0.25) is 4.79 Å². The van der Waals surface area contributed by atoms with E-state index in [0.717, 1.165) is 12.1 Å². The Balaban J connectivity index is 1.97. The van der Waals surface area contributed by atoms with Crippen LogP contribution >= 0.6 is 11.3 Å². The lowest BCUT2D eigenvalue weighted by Crippen LogP contribution is -2.16. The Morgan fingerprint density at radius 2 is 2.05 bits per heavy atom. The number of nitrogens with zero attached hydrogens (tertiary/aromatic N) is 1. The van der Waals surface area contributed by atoms with Gasteiger partial charge in [-0.2, -0.15) is 0 Å². The molecule has 5 heteroatoms. The molecule has 112 valence electrons. The molecule has 0 saturated carbocycles. The van der Waals surface area contributed by atoms with Crippen molar-refractivity contribution in [2.24, 2.45) is 5.73 Å². The Morgan fingerprint density at radius 3 is 2.67 bits per heavy atom. The lowest BCUT2D eigenvalue weighted by atomic mass is 10.0. The molecular formula is C16H21N3OS. The largest absolute Gasteiger partial charge is 0.330 e. The van der Waals surface area contributed by atoms with Crippen molar-refractivity contribution in [1.82, 2.24) is 4.98 Å². The van der Waals surface area contributed by atoms with Gasteiger partial charge in [-0.05, 0) is 17.0 Å². The first-order valence-corrected chi connectivity index (χ1v) is 7.99. The Hall–Kier alpha value is -1.72. The van der Waals surface area contributed by atoms with Gasteiger partial charge in [0, 0.05) is 24.8 Å². The van der Waals surface area contributed by atoms with Gasteiger partial charge < -0.3 is 11.1 Å². The molecule has 0 fully saturated rings. The summed E-state index contributed by atoms with van der Waals surface area (Å²) < 4.78 is 0. The van der Waals surface area contributed by atoms with Crippen LogP contribution in [-0.4, -0.2) is 17.4 Å². The first-order chi connectivity index (χ1) is 10.1. The van der Waals surface area contributed by atoms with Crippen LogP contribution in [0.5, 0.6) is 0 Å². The molecule has 1 amide bonds. The van der Waals surface area contributed by atoms with Gasteiger partial charge in [0.05, 0.1) is 5.69 Å². The number of carbonyl (C=O) groups excluding carboxylic acids is 1. The highest BCUT2D eigenvalue weighted by atomic mass is 32.1. The van der Waals surface area contributed by atoms with E-state index >= 15 is 0 Å². The van der Waals surface area contributed by atoms with Crippen molar-refractivity contribution in [2.45, 2.75) is 32.6 Å². The van der Waals surface area contributed by atoms with Gasteiger partial charge in [0.1, 0.15) is 0 Å². The topological polar surface area (TPSA) is 68.0 Å². The van der Waals surface area contributed by atoms with Crippen LogP contribution in [0, 0.1) is 0 Å². The molecular weight excluding hydrogens is 282 g/mol. The molecule has 0 saturated heterocycles. The lowest BCUT2D eigenvalue weighted by Gasteiger charge is -2.06. The maximum atomic E-state index is 11.5. The number of hydrogen-bond donors (Lipinski definition) is 2. The van der Waals surface area contributed by atoms with Crippen LogP contribution < -0.4 is 11.1 Å². The quantitative estimate of drug-likeness (QED) is 0.861. The van der Waals surface area contributed by atoms with Crippen LogP contribution in [0.2, 0.25) is 0 Å². The molecule has 1 aromatic carbocycles. The second-order valence-electron chi connectivity index (χ2n) is 5.30. The monoisotopic (exact) mass is 303 g/mol. The maximum absolute atomic E-state index is 11.5. The Bertz CT molecular complexity index is 590. The Morgan fingerprint density at radius 1 is 1.33 bits per heavy atom. The van der Waals surface area contributed by atoms with E-state index in [0.29, 0.717) is 24.0 Å². The molecule has 0 aliphatic carbocycles. The second kappa shape index (κ2) is 7.33. The average Bonchev–Trinajstić information content (AvgIpc) is 2.86. The molecule has 0 radical (unpaired) electrons. The zero-order valence-corrected chi connectivity index (χ0v) is 13.2. The van der Waals surface area contributed by atoms with Crippen molar-refractivity contribution in [1.29, 1.82) is 0 Å². The SMILES string of the molecule is CC(C)c1ccc(Cc2csc(NC(=O)CCN)n2)cc1. The van der Waals surface area contributed by atoms with Crippen LogP contribution in [0.1, 0.15) is 43.0 Å². The summed E-state index contributed by atoms with van der Waals surface area (Å²) in [6, 6.07) is 8.61. The minimum absolute atomic E-state index is 0.0836. The third-order valence-electron chi connectivity index (χ3n) is 3.20. The molecule has 0 unspecified atom stereocenters. The molecule has 0 bridgehead atoms. The molecule has 2 aromatic rings. The standard InChI is InChI=1S/C16H21N3OS/c1-11(2)13-5-3-12(4-6-13)9-14-10-21-16(18-14)19-15(20)7-8-17/h3-6,10-11H,7-9,17H2,1-2H3,(H,18,19,20). The normalized spacial score (nSPS) is 10.9. The number of carbonyl (C=O) groups is 1. The van der Waals surface area contributed by atoms with E-state index in [1.807, 2.05) is 5.38 Å². The van der Waals surface area contributed by atoms with Gasteiger partial charge >= 0.3 is 0 Å².